The zero-order chi connectivity index (χ0) is 33.0. The summed E-state index contributed by atoms with van der Waals surface area (Å²) in [5.74, 6) is -1.09. The van der Waals surface area contributed by atoms with Gasteiger partial charge in [-0.2, -0.15) is 0 Å². The van der Waals surface area contributed by atoms with Gasteiger partial charge in [0, 0.05) is 4.90 Å². The van der Waals surface area contributed by atoms with Crippen LogP contribution in [0.25, 0.3) is 0 Å². The van der Waals surface area contributed by atoms with E-state index in [1.165, 1.54) is 11.8 Å². The van der Waals surface area contributed by atoms with Gasteiger partial charge in [-0.25, -0.2) is 9.59 Å². The lowest BCUT2D eigenvalue weighted by atomic mass is 9.98. The quantitative estimate of drug-likeness (QED) is 0.119. The van der Waals surface area contributed by atoms with Crippen molar-refractivity contribution < 1.29 is 33.3 Å². The molecule has 0 bridgehead atoms. The number of ether oxygens (including phenoxy) is 5. The highest BCUT2D eigenvalue weighted by atomic mass is 32.2. The Morgan fingerprint density at radius 1 is 0.542 bits per heavy atom. The molecule has 1 aliphatic heterocycles. The van der Waals surface area contributed by atoms with Crippen molar-refractivity contribution in [2.45, 2.75) is 48.0 Å². The topological polar surface area (TPSA) is 80.3 Å². The van der Waals surface area contributed by atoms with Crippen LogP contribution < -0.4 is 0 Å². The third kappa shape index (κ3) is 8.99. The molecule has 1 heterocycles. The summed E-state index contributed by atoms with van der Waals surface area (Å²) in [5, 5.41) is 0. The highest BCUT2D eigenvalue weighted by molar-refractivity contribution is 7.99. The van der Waals surface area contributed by atoms with Gasteiger partial charge in [0.2, 0.25) is 0 Å². The maximum absolute atomic E-state index is 13.6. The summed E-state index contributed by atoms with van der Waals surface area (Å²) in [6, 6.07) is 46.7. The molecule has 5 aromatic carbocycles. The van der Waals surface area contributed by atoms with Gasteiger partial charge in [0.25, 0.3) is 0 Å². The van der Waals surface area contributed by atoms with E-state index >= 15 is 0 Å². The minimum atomic E-state index is -0.988. The molecule has 0 amide bonds. The molecule has 1 fully saturated rings. The number of esters is 2. The number of carbonyl (C=O) groups excluding carboxylic acids is 2. The fourth-order valence-electron chi connectivity index (χ4n) is 5.36. The van der Waals surface area contributed by atoms with Gasteiger partial charge in [0.15, 0.2) is 12.2 Å². The van der Waals surface area contributed by atoms with Gasteiger partial charge < -0.3 is 23.7 Å². The van der Waals surface area contributed by atoms with E-state index in [0.717, 1.165) is 16.0 Å². The first-order valence-electron chi connectivity index (χ1n) is 15.8. The zero-order valence-corrected chi connectivity index (χ0v) is 27.0. The number of thioether (sulfide) groups is 1. The van der Waals surface area contributed by atoms with Crippen LogP contribution in [0, 0.1) is 0 Å². The molecular weight excluding hydrogens is 625 g/mol. The summed E-state index contributed by atoms with van der Waals surface area (Å²) in [7, 11) is 0. The Morgan fingerprint density at radius 2 is 1.00 bits per heavy atom. The summed E-state index contributed by atoms with van der Waals surface area (Å²) < 4.78 is 32.0. The molecule has 0 N–H and O–H groups in total. The van der Waals surface area contributed by atoms with Crippen LogP contribution in [-0.2, 0) is 36.9 Å². The second kappa shape index (κ2) is 16.9. The summed E-state index contributed by atoms with van der Waals surface area (Å²) >= 11 is 1.41. The maximum Gasteiger partial charge on any atom is 0.338 e. The van der Waals surface area contributed by atoms with Gasteiger partial charge in [-0.15, -0.1) is 0 Å². The van der Waals surface area contributed by atoms with Crippen LogP contribution >= 0.6 is 11.8 Å². The minimum Gasteiger partial charge on any atom is -0.453 e. The molecule has 48 heavy (non-hydrogen) atoms. The van der Waals surface area contributed by atoms with E-state index in [9.17, 15) is 9.59 Å². The first kappa shape index (κ1) is 33.2. The second-order valence-electron chi connectivity index (χ2n) is 11.2. The molecule has 0 radical (unpaired) electrons. The summed E-state index contributed by atoms with van der Waals surface area (Å²) in [5.41, 5.74) is 1.94. The van der Waals surface area contributed by atoms with Crippen LogP contribution in [0.2, 0.25) is 0 Å². The van der Waals surface area contributed by atoms with Gasteiger partial charge in [-0.3, -0.25) is 0 Å². The summed E-state index contributed by atoms with van der Waals surface area (Å²) in [6.45, 7) is 0.612. The van der Waals surface area contributed by atoms with Crippen LogP contribution in [0.5, 0.6) is 0 Å². The normalized spacial score (nSPS) is 20.5. The molecular formula is C40H36O7S. The molecule has 5 aromatic rings. The van der Waals surface area contributed by atoms with Gasteiger partial charge in [-0.05, 0) is 47.5 Å². The highest BCUT2D eigenvalue weighted by Crippen LogP contribution is 2.38. The zero-order valence-electron chi connectivity index (χ0n) is 26.2. The smallest absolute Gasteiger partial charge is 0.338 e. The van der Waals surface area contributed by atoms with Crippen molar-refractivity contribution >= 4 is 23.7 Å². The number of hydrogen-bond acceptors (Lipinski definition) is 8. The van der Waals surface area contributed by atoms with Gasteiger partial charge in [0.05, 0.1) is 30.9 Å². The number of hydrogen-bond donors (Lipinski definition) is 0. The highest BCUT2D eigenvalue weighted by Gasteiger charge is 2.51. The second-order valence-corrected chi connectivity index (χ2v) is 12.4. The monoisotopic (exact) mass is 660 g/mol. The number of carbonyl (C=O) groups is 2. The Morgan fingerprint density at radius 3 is 1.54 bits per heavy atom. The maximum atomic E-state index is 13.6. The molecule has 8 heteroatoms. The van der Waals surface area contributed by atoms with Gasteiger partial charge >= 0.3 is 11.9 Å². The van der Waals surface area contributed by atoms with Gasteiger partial charge in [0.1, 0.15) is 17.6 Å². The van der Waals surface area contributed by atoms with E-state index in [1.807, 2.05) is 103 Å². The third-order valence-corrected chi connectivity index (χ3v) is 8.93. The average molecular weight is 661 g/mol. The largest absolute Gasteiger partial charge is 0.453 e. The Hall–Kier alpha value is -4.73. The molecule has 1 saturated heterocycles. The van der Waals surface area contributed by atoms with Crippen molar-refractivity contribution in [3.05, 3.63) is 174 Å². The van der Waals surface area contributed by atoms with Crippen LogP contribution in [0.1, 0.15) is 31.8 Å². The standard InChI is InChI=1S/C40H36O7S/c41-38(31-20-10-3-11-21-31)46-35-34(28-43-26-29-16-6-1-7-17-29)45-40(48-33-24-14-5-15-25-33)37(47-39(42)32-22-12-4-13-23-32)36(35)44-27-30-18-8-2-9-19-30/h1-25,34-37,40H,26-28H2/t34?,35-,36-,37?,40-/m0/s1. The number of benzene rings is 5. The summed E-state index contributed by atoms with van der Waals surface area (Å²) in [6.07, 6.45) is -3.62. The molecule has 5 atom stereocenters. The van der Waals surface area contributed by atoms with E-state index in [4.69, 9.17) is 23.7 Å². The lowest BCUT2D eigenvalue weighted by Crippen LogP contribution is -2.61. The van der Waals surface area contributed by atoms with Crippen molar-refractivity contribution in [1.29, 1.82) is 0 Å². The molecule has 2 unspecified atom stereocenters. The molecule has 1 aliphatic rings. The number of rotatable bonds is 13. The van der Waals surface area contributed by atoms with Crippen molar-refractivity contribution in [2.75, 3.05) is 6.61 Å². The van der Waals surface area contributed by atoms with E-state index in [1.54, 1.807) is 48.5 Å². The van der Waals surface area contributed by atoms with Crippen LogP contribution in [0.4, 0.5) is 0 Å². The van der Waals surface area contributed by atoms with Crippen molar-refractivity contribution in [3.63, 3.8) is 0 Å². The average Bonchev–Trinajstić information content (AvgIpc) is 3.14. The molecule has 6 rings (SSSR count). The SMILES string of the molecule is O=C(OC1[C@@H](OCc2ccccc2)[C@@H](OC(=O)c2ccccc2)C(COCc2ccccc2)O[C@H]1Sc1ccccc1)c1ccccc1. The Balaban J connectivity index is 1.36. The van der Waals surface area contributed by atoms with E-state index in [2.05, 4.69) is 0 Å². The third-order valence-electron chi connectivity index (χ3n) is 7.77. The molecule has 0 spiro atoms. The fourth-order valence-corrected chi connectivity index (χ4v) is 6.49. The predicted octanol–water partition coefficient (Wildman–Crippen LogP) is 7.76. The Bertz CT molecular complexity index is 1710. The molecule has 0 saturated carbocycles. The minimum absolute atomic E-state index is 0.0953. The van der Waals surface area contributed by atoms with Crippen LogP contribution in [0.3, 0.4) is 0 Å². The molecule has 244 valence electrons. The van der Waals surface area contributed by atoms with Crippen molar-refractivity contribution in [1.82, 2.24) is 0 Å². The van der Waals surface area contributed by atoms with Crippen LogP contribution in [-0.4, -0.2) is 48.4 Å². The van der Waals surface area contributed by atoms with E-state index in [0.29, 0.717) is 17.7 Å². The first-order valence-corrected chi connectivity index (χ1v) is 16.7. The van der Waals surface area contributed by atoms with Crippen LogP contribution in [0.15, 0.2) is 157 Å². The van der Waals surface area contributed by atoms with Crippen molar-refractivity contribution in [2.24, 2.45) is 0 Å². The van der Waals surface area contributed by atoms with Gasteiger partial charge in [-0.1, -0.05) is 127 Å². The van der Waals surface area contributed by atoms with E-state index in [-0.39, 0.29) is 13.2 Å². The fraction of sp³-hybridized carbons (Fsp3) is 0.200. The Kier molecular flexibility index (Phi) is 11.7. The lowest BCUT2D eigenvalue weighted by Gasteiger charge is -2.45. The Labute approximate surface area is 284 Å². The lowest BCUT2D eigenvalue weighted by molar-refractivity contribution is -0.227. The van der Waals surface area contributed by atoms with E-state index < -0.39 is 41.8 Å². The molecule has 7 nitrogen and oxygen atoms in total. The first-order chi connectivity index (χ1) is 23.6. The predicted molar refractivity (Wildman–Crippen MR) is 183 cm³/mol. The molecule has 0 aliphatic carbocycles. The molecule has 0 aromatic heterocycles. The van der Waals surface area contributed by atoms with Crippen molar-refractivity contribution in [3.8, 4) is 0 Å². The summed E-state index contributed by atoms with van der Waals surface area (Å²) in [4.78, 5) is 28.1.